The molecule has 0 fully saturated rings. The van der Waals surface area contributed by atoms with Crippen molar-refractivity contribution in [3.8, 4) is 12.4 Å². The largest absolute Gasteiger partial charge is 0.378 e. The Balaban J connectivity index is 2.20. The maximum absolute atomic E-state index is 9.50. The van der Waals surface area contributed by atoms with Crippen LogP contribution in [0.3, 0.4) is 0 Å². The summed E-state index contributed by atoms with van der Waals surface area (Å²) >= 11 is 0. The minimum absolute atomic E-state index is 0.577. The summed E-state index contributed by atoms with van der Waals surface area (Å²) in [5.74, 6) is 0. The lowest BCUT2D eigenvalue weighted by Gasteiger charge is -2.18. The number of aliphatic imine (C=N–C) groups is 2. The van der Waals surface area contributed by atoms with Gasteiger partial charge in [0.15, 0.2) is 0 Å². The SMILES string of the molecule is CN(C)c1ccc(C(=NC#N)C(=C2C=CC(=NC#N)C=C2)c2ccc(N(C)C)cc2)cc1. The van der Waals surface area contributed by atoms with Crippen LogP contribution in [0.2, 0.25) is 0 Å². The number of hydrogen-bond acceptors (Lipinski definition) is 6. The Labute approximate surface area is 189 Å². The third-order valence-corrected chi connectivity index (χ3v) is 5.06. The molecule has 1 aliphatic rings. The highest BCUT2D eigenvalue weighted by molar-refractivity contribution is 6.33. The number of nitriles is 2. The number of allylic oxidation sites excluding steroid dienone is 6. The summed E-state index contributed by atoms with van der Waals surface area (Å²) in [6.45, 7) is 0. The zero-order valence-corrected chi connectivity index (χ0v) is 18.6. The number of hydrogen-bond donors (Lipinski definition) is 0. The predicted molar refractivity (Wildman–Crippen MR) is 132 cm³/mol. The highest BCUT2D eigenvalue weighted by atomic mass is 15.1. The molecule has 3 rings (SSSR count). The molecular weight excluding hydrogens is 396 g/mol. The van der Waals surface area contributed by atoms with E-state index in [0.717, 1.165) is 33.6 Å². The van der Waals surface area contributed by atoms with Crippen molar-refractivity contribution in [3.63, 3.8) is 0 Å². The van der Waals surface area contributed by atoms with Gasteiger partial charge in [0.2, 0.25) is 12.4 Å². The average molecular weight is 421 g/mol. The molecule has 0 heterocycles. The van der Waals surface area contributed by atoms with Crippen molar-refractivity contribution < 1.29 is 0 Å². The normalized spacial score (nSPS) is 12.8. The Bertz CT molecular complexity index is 1190. The third kappa shape index (κ3) is 5.00. The summed E-state index contributed by atoms with van der Waals surface area (Å²) in [5.41, 5.74) is 6.78. The molecule has 0 atom stereocenters. The van der Waals surface area contributed by atoms with Gasteiger partial charge in [-0.05, 0) is 47.6 Å². The number of benzene rings is 2. The van der Waals surface area contributed by atoms with Crippen LogP contribution in [0.4, 0.5) is 11.4 Å². The van der Waals surface area contributed by atoms with Crippen LogP contribution in [0.25, 0.3) is 5.57 Å². The fourth-order valence-corrected chi connectivity index (χ4v) is 3.36. The Morgan fingerprint density at radius 3 is 1.62 bits per heavy atom. The van der Waals surface area contributed by atoms with Crippen LogP contribution in [-0.2, 0) is 0 Å². The zero-order chi connectivity index (χ0) is 23.1. The minimum Gasteiger partial charge on any atom is -0.378 e. The standard InChI is InChI=1S/C26H24N6/c1-31(2)23-13-7-20(8-14-23)25(19-5-11-22(12-6-19)29-17-27)26(30-18-28)21-9-15-24(16-10-21)32(3)4/h5-16H,1-4H3. The molecule has 0 bridgehead atoms. The number of anilines is 2. The van der Waals surface area contributed by atoms with Gasteiger partial charge in [0, 0.05) is 50.7 Å². The highest BCUT2D eigenvalue weighted by Gasteiger charge is 2.18. The second-order valence-electron chi connectivity index (χ2n) is 7.58. The molecule has 2 aromatic rings. The van der Waals surface area contributed by atoms with E-state index in [0.29, 0.717) is 11.4 Å². The van der Waals surface area contributed by atoms with Crippen molar-refractivity contribution in [3.05, 3.63) is 89.5 Å². The number of nitrogens with zero attached hydrogens (tertiary/aromatic N) is 6. The minimum atomic E-state index is 0.577. The van der Waals surface area contributed by atoms with Gasteiger partial charge in [-0.1, -0.05) is 36.4 Å². The first-order valence-corrected chi connectivity index (χ1v) is 10.0. The van der Waals surface area contributed by atoms with E-state index in [2.05, 4.69) is 9.98 Å². The molecule has 0 amide bonds. The Morgan fingerprint density at radius 1 is 0.688 bits per heavy atom. The molecule has 0 unspecified atom stereocenters. The molecule has 158 valence electrons. The molecular formula is C26H24N6. The van der Waals surface area contributed by atoms with Crippen molar-refractivity contribution in [1.82, 2.24) is 0 Å². The van der Waals surface area contributed by atoms with E-state index in [1.54, 1.807) is 12.2 Å². The summed E-state index contributed by atoms with van der Waals surface area (Å²) in [7, 11) is 7.95. The van der Waals surface area contributed by atoms with E-state index in [1.165, 1.54) is 0 Å². The van der Waals surface area contributed by atoms with Crippen molar-refractivity contribution in [1.29, 1.82) is 10.5 Å². The summed E-state index contributed by atoms with van der Waals surface area (Å²) in [6.07, 6.45) is 11.1. The van der Waals surface area contributed by atoms with Crippen LogP contribution in [0.5, 0.6) is 0 Å². The highest BCUT2D eigenvalue weighted by Crippen LogP contribution is 2.29. The predicted octanol–water partition coefficient (Wildman–Crippen LogP) is 4.59. The Kier molecular flexibility index (Phi) is 7.00. The van der Waals surface area contributed by atoms with E-state index in [9.17, 15) is 5.26 Å². The van der Waals surface area contributed by atoms with Gasteiger partial charge < -0.3 is 9.80 Å². The van der Waals surface area contributed by atoms with E-state index >= 15 is 0 Å². The van der Waals surface area contributed by atoms with Gasteiger partial charge in [-0.15, -0.1) is 0 Å². The van der Waals surface area contributed by atoms with Crippen molar-refractivity contribution in [2.24, 2.45) is 9.98 Å². The van der Waals surface area contributed by atoms with Crippen molar-refractivity contribution in [2.45, 2.75) is 0 Å². The van der Waals surface area contributed by atoms with Crippen LogP contribution < -0.4 is 9.80 Å². The molecule has 0 N–H and O–H groups in total. The Morgan fingerprint density at radius 2 is 1.19 bits per heavy atom. The van der Waals surface area contributed by atoms with Gasteiger partial charge in [0.05, 0.1) is 11.4 Å². The van der Waals surface area contributed by atoms with Gasteiger partial charge in [-0.25, -0.2) is 0 Å². The monoisotopic (exact) mass is 420 g/mol. The molecule has 2 aromatic carbocycles. The van der Waals surface area contributed by atoms with Crippen LogP contribution in [0.1, 0.15) is 11.1 Å². The van der Waals surface area contributed by atoms with E-state index < -0.39 is 0 Å². The lowest BCUT2D eigenvalue weighted by atomic mass is 9.89. The maximum atomic E-state index is 9.50. The Hall–Kier alpha value is -4.42. The first-order valence-electron chi connectivity index (χ1n) is 10.0. The van der Waals surface area contributed by atoms with Gasteiger partial charge in [0.1, 0.15) is 0 Å². The molecule has 0 radical (unpaired) electrons. The first-order chi connectivity index (χ1) is 15.4. The molecule has 0 aromatic heterocycles. The van der Waals surface area contributed by atoms with Crippen molar-refractivity contribution in [2.75, 3.05) is 38.0 Å². The van der Waals surface area contributed by atoms with Gasteiger partial charge in [0.25, 0.3) is 0 Å². The molecule has 1 aliphatic carbocycles. The van der Waals surface area contributed by atoms with Crippen LogP contribution in [0.15, 0.2) is 88.4 Å². The fraction of sp³-hybridized carbons (Fsp3) is 0.154. The average Bonchev–Trinajstić information content (AvgIpc) is 2.80. The summed E-state index contributed by atoms with van der Waals surface area (Å²) in [6, 6.07) is 16.1. The molecule has 0 spiro atoms. The molecule has 0 saturated heterocycles. The van der Waals surface area contributed by atoms with Crippen LogP contribution in [0, 0.1) is 22.9 Å². The maximum Gasteiger partial charge on any atom is 0.206 e. The van der Waals surface area contributed by atoms with Gasteiger partial charge >= 0.3 is 0 Å². The molecule has 0 saturated carbocycles. The quantitative estimate of drug-likeness (QED) is 0.523. The summed E-state index contributed by atoms with van der Waals surface area (Å²) < 4.78 is 0. The summed E-state index contributed by atoms with van der Waals surface area (Å²) in [5, 5.41) is 18.3. The van der Waals surface area contributed by atoms with E-state index in [1.807, 2.05) is 111 Å². The third-order valence-electron chi connectivity index (χ3n) is 5.06. The summed E-state index contributed by atoms with van der Waals surface area (Å²) in [4.78, 5) is 12.1. The molecule has 32 heavy (non-hydrogen) atoms. The molecule has 6 heteroatoms. The molecule has 6 nitrogen and oxygen atoms in total. The zero-order valence-electron chi connectivity index (χ0n) is 18.6. The fourth-order valence-electron chi connectivity index (χ4n) is 3.36. The number of rotatable bonds is 5. The second-order valence-corrected chi connectivity index (χ2v) is 7.58. The van der Waals surface area contributed by atoms with E-state index in [4.69, 9.17) is 5.26 Å². The smallest absolute Gasteiger partial charge is 0.206 e. The van der Waals surface area contributed by atoms with Crippen LogP contribution in [-0.4, -0.2) is 39.6 Å². The lowest BCUT2D eigenvalue weighted by Crippen LogP contribution is -2.11. The lowest BCUT2D eigenvalue weighted by molar-refractivity contribution is 1.13. The van der Waals surface area contributed by atoms with Gasteiger partial charge in [-0.2, -0.15) is 20.5 Å². The van der Waals surface area contributed by atoms with Crippen molar-refractivity contribution >= 4 is 28.4 Å². The first kappa shape index (κ1) is 22.3. The van der Waals surface area contributed by atoms with Gasteiger partial charge in [-0.3, -0.25) is 0 Å². The van der Waals surface area contributed by atoms with E-state index in [-0.39, 0.29) is 0 Å². The topological polar surface area (TPSA) is 78.8 Å². The van der Waals surface area contributed by atoms with Crippen LogP contribution >= 0.6 is 0 Å². The molecule has 0 aliphatic heterocycles. The second kappa shape index (κ2) is 10.1.